The van der Waals surface area contributed by atoms with Gasteiger partial charge in [-0.05, 0) is 18.6 Å². The Morgan fingerprint density at radius 3 is 3.00 bits per heavy atom. The van der Waals surface area contributed by atoms with Crippen LogP contribution in [-0.2, 0) is 6.54 Å². The minimum atomic E-state index is 0.845. The Morgan fingerprint density at radius 1 is 1.43 bits per heavy atom. The molecule has 0 aliphatic heterocycles. The third-order valence-electron chi connectivity index (χ3n) is 2.16. The van der Waals surface area contributed by atoms with E-state index in [1.54, 1.807) is 7.11 Å². The van der Waals surface area contributed by atoms with E-state index in [2.05, 4.69) is 17.2 Å². The van der Waals surface area contributed by atoms with Crippen molar-refractivity contribution >= 4 is 11.0 Å². The van der Waals surface area contributed by atoms with Crippen LogP contribution in [0.25, 0.3) is 11.0 Å². The van der Waals surface area contributed by atoms with Gasteiger partial charge >= 0.3 is 0 Å². The fourth-order valence-corrected chi connectivity index (χ4v) is 1.45. The van der Waals surface area contributed by atoms with Gasteiger partial charge in [-0.15, -0.1) is 5.10 Å². The summed E-state index contributed by atoms with van der Waals surface area (Å²) in [6, 6.07) is 5.78. The molecule has 2 rings (SSSR count). The zero-order valence-electron chi connectivity index (χ0n) is 8.40. The maximum absolute atomic E-state index is 5.16. The molecule has 1 heterocycles. The lowest BCUT2D eigenvalue weighted by Crippen LogP contribution is -1.98. The lowest BCUT2D eigenvalue weighted by Gasteiger charge is -2.01. The fraction of sp³-hybridized carbons (Fsp3) is 0.400. The van der Waals surface area contributed by atoms with Crippen molar-refractivity contribution in [3.8, 4) is 5.75 Å². The summed E-state index contributed by atoms with van der Waals surface area (Å²) < 4.78 is 7.06. The highest BCUT2D eigenvalue weighted by molar-refractivity contribution is 5.75. The second-order valence-corrected chi connectivity index (χ2v) is 3.17. The molecular formula is C10H13N3O. The lowest BCUT2D eigenvalue weighted by molar-refractivity contribution is 0.415. The zero-order valence-corrected chi connectivity index (χ0v) is 8.40. The van der Waals surface area contributed by atoms with E-state index in [1.807, 2.05) is 22.9 Å². The van der Waals surface area contributed by atoms with Crippen molar-refractivity contribution in [2.45, 2.75) is 19.9 Å². The third kappa shape index (κ3) is 1.43. The molecule has 0 radical (unpaired) electrons. The van der Waals surface area contributed by atoms with Crippen LogP contribution in [0.3, 0.4) is 0 Å². The minimum Gasteiger partial charge on any atom is -0.497 e. The number of aromatic nitrogens is 3. The summed E-state index contributed by atoms with van der Waals surface area (Å²) in [6.07, 6.45) is 1.05. The predicted octanol–water partition coefficient (Wildman–Crippen LogP) is 1.85. The van der Waals surface area contributed by atoms with Crippen LogP contribution < -0.4 is 4.74 Å². The van der Waals surface area contributed by atoms with E-state index >= 15 is 0 Å². The van der Waals surface area contributed by atoms with Crippen molar-refractivity contribution in [3.63, 3.8) is 0 Å². The number of aryl methyl sites for hydroxylation is 1. The Hall–Kier alpha value is -1.58. The van der Waals surface area contributed by atoms with Crippen molar-refractivity contribution in [2.75, 3.05) is 7.11 Å². The van der Waals surface area contributed by atoms with Crippen molar-refractivity contribution in [3.05, 3.63) is 18.2 Å². The van der Waals surface area contributed by atoms with Crippen molar-refractivity contribution < 1.29 is 4.74 Å². The first-order valence-corrected chi connectivity index (χ1v) is 4.72. The monoisotopic (exact) mass is 191 g/mol. The number of ether oxygens (including phenoxy) is 1. The molecule has 0 saturated carbocycles. The third-order valence-corrected chi connectivity index (χ3v) is 2.16. The van der Waals surface area contributed by atoms with Crippen molar-refractivity contribution in [1.82, 2.24) is 15.0 Å². The van der Waals surface area contributed by atoms with Crippen molar-refractivity contribution in [1.29, 1.82) is 0 Å². The molecule has 0 aliphatic carbocycles. The number of hydrogen-bond acceptors (Lipinski definition) is 3. The number of benzene rings is 1. The van der Waals surface area contributed by atoms with Crippen LogP contribution in [0.5, 0.6) is 5.75 Å². The van der Waals surface area contributed by atoms with Crippen LogP contribution >= 0.6 is 0 Å². The molecule has 4 heteroatoms. The molecule has 1 aromatic heterocycles. The normalized spacial score (nSPS) is 10.7. The molecule has 1 aromatic carbocycles. The van der Waals surface area contributed by atoms with Gasteiger partial charge in [-0.25, -0.2) is 4.68 Å². The van der Waals surface area contributed by atoms with Crippen molar-refractivity contribution in [2.24, 2.45) is 0 Å². The molecule has 4 nitrogen and oxygen atoms in total. The molecule has 0 N–H and O–H groups in total. The molecule has 0 saturated heterocycles. The molecular weight excluding hydrogens is 178 g/mol. The van der Waals surface area contributed by atoms with Gasteiger partial charge in [0.05, 0.1) is 12.6 Å². The zero-order chi connectivity index (χ0) is 9.97. The Kier molecular flexibility index (Phi) is 2.35. The highest BCUT2D eigenvalue weighted by Gasteiger charge is 2.04. The van der Waals surface area contributed by atoms with E-state index in [1.165, 1.54) is 0 Å². The highest BCUT2D eigenvalue weighted by atomic mass is 16.5. The van der Waals surface area contributed by atoms with E-state index < -0.39 is 0 Å². The average molecular weight is 191 g/mol. The van der Waals surface area contributed by atoms with Gasteiger partial charge in [0.25, 0.3) is 0 Å². The standard InChI is InChI=1S/C10H13N3O/c1-3-6-13-10-7-8(14-2)4-5-9(10)11-12-13/h4-5,7H,3,6H2,1-2H3. The molecule has 0 spiro atoms. The van der Waals surface area contributed by atoms with Gasteiger partial charge in [0.15, 0.2) is 0 Å². The summed E-state index contributed by atoms with van der Waals surface area (Å²) in [5.74, 6) is 0.845. The summed E-state index contributed by atoms with van der Waals surface area (Å²) in [7, 11) is 1.66. The maximum Gasteiger partial charge on any atom is 0.121 e. The summed E-state index contributed by atoms with van der Waals surface area (Å²) in [4.78, 5) is 0. The van der Waals surface area contributed by atoms with Gasteiger partial charge in [0.1, 0.15) is 11.3 Å². The number of hydrogen-bond donors (Lipinski definition) is 0. The van der Waals surface area contributed by atoms with Crippen LogP contribution in [0.2, 0.25) is 0 Å². The van der Waals surface area contributed by atoms with Gasteiger partial charge in [0.2, 0.25) is 0 Å². The summed E-state index contributed by atoms with van der Waals surface area (Å²) in [5.41, 5.74) is 1.95. The summed E-state index contributed by atoms with van der Waals surface area (Å²) >= 11 is 0. The summed E-state index contributed by atoms with van der Waals surface area (Å²) in [6.45, 7) is 3.01. The first-order chi connectivity index (χ1) is 6.85. The first-order valence-electron chi connectivity index (χ1n) is 4.72. The van der Waals surface area contributed by atoms with E-state index in [0.29, 0.717) is 0 Å². The molecule has 0 unspecified atom stereocenters. The molecule has 0 fully saturated rings. The second-order valence-electron chi connectivity index (χ2n) is 3.17. The smallest absolute Gasteiger partial charge is 0.121 e. The molecule has 0 aliphatic rings. The number of rotatable bonds is 3. The molecule has 0 bridgehead atoms. The van der Waals surface area contributed by atoms with Crippen LogP contribution in [0.4, 0.5) is 0 Å². The highest BCUT2D eigenvalue weighted by Crippen LogP contribution is 2.18. The fourth-order valence-electron chi connectivity index (χ4n) is 1.45. The lowest BCUT2D eigenvalue weighted by atomic mass is 10.3. The number of nitrogens with zero attached hydrogens (tertiary/aromatic N) is 3. The van der Waals surface area contributed by atoms with Crippen LogP contribution in [0, 0.1) is 0 Å². The Balaban J connectivity index is 2.52. The van der Waals surface area contributed by atoms with Crippen LogP contribution in [0.15, 0.2) is 18.2 Å². The summed E-state index contributed by atoms with van der Waals surface area (Å²) in [5, 5.41) is 8.14. The van der Waals surface area contributed by atoms with Gasteiger partial charge in [-0.1, -0.05) is 12.1 Å². The Bertz CT molecular complexity index is 436. The minimum absolute atomic E-state index is 0.845. The van der Waals surface area contributed by atoms with E-state index in [9.17, 15) is 0 Å². The molecule has 14 heavy (non-hydrogen) atoms. The quantitative estimate of drug-likeness (QED) is 0.743. The molecule has 0 amide bonds. The second kappa shape index (κ2) is 3.65. The predicted molar refractivity (Wildman–Crippen MR) is 54.4 cm³/mol. The molecule has 2 aromatic rings. The Labute approximate surface area is 82.5 Å². The molecule has 74 valence electrons. The van der Waals surface area contributed by atoms with Crippen LogP contribution in [-0.4, -0.2) is 22.1 Å². The van der Waals surface area contributed by atoms with E-state index in [0.717, 1.165) is 29.7 Å². The Morgan fingerprint density at radius 2 is 2.29 bits per heavy atom. The van der Waals surface area contributed by atoms with Gasteiger partial charge in [-0.2, -0.15) is 0 Å². The van der Waals surface area contributed by atoms with Crippen LogP contribution in [0.1, 0.15) is 13.3 Å². The van der Waals surface area contributed by atoms with Gasteiger partial charge < -0.3 is 4.74 Å². The van der Waals surface area contributed by atoms with Gasteiger partial charge in [0, 0.05) is 12.6 Å². The number of fused-ring (bicyclic) bond motifs is 1. The maximum atomic E-state index is 5.16. The topological polar surface area (TPSA) is 39.9 Å². The largest absolute Gasteiger partial charge is 0.497 e. The van der Waals surface area contributed by atoms with E-state index in [4.69, 9.17) is 4.74 Å². The van der Waals surface area contributed by atoms with E-state index in [-0.39, 0.29) is 0 Å². The molecule has 0 atom stereocenters. The average Bonchev–Trinajstić information content (AvgIpc) is 2.61. The number of methoxy groups -OCH3 is 1. The first kappa shape index (κ1) is 8.99. The van der Waals surface area contributed by atoms with Gasteiger partial charge in [-0.3, -0.25) is 0 Å². The SMILES string of the molecule is CCCn1nnc2ccc(OC)cc21.